The molecule has 1 rings (SSSR count). The smallest absolute Gasteiger partial charge is 0.761 e. The van der Waals surface area contributed by atoms with Crippen LogP contribution in [0.25, 0.3) is 0 Å². The van der Waals surface area contributed by atoms with E-state index in [4.69, 9.17) is 55.7 Å². The second kappa shape index (κ2) is 22.7. The Balaban J connectivity index is -0.000000117. The van der Waals surface area contributed by atoms with Crippen LogP contribution in [0.15, 0.2) is 12.1 Å². The molecule has 1 aromatic rings. The minimum Gasteiger partial charge on any atom is -0.761 e. The van der Waals surface area contributed by atoms with Gasteiger partial charge in [0.25, 0.3) is 0 Å². The van der Waals surface area contributed by atoms with Gasteiger partial charge in [0.1, 0.15) is 6.79 Å². The SMILES string of the molecule is C=O.CCCOC(=O)c1cc(O)c(O)c(O)c1.O=S([O-])S(=O)(=O)[O-].OSO.[Na+].[Na+]. The maximum atomic E-state index is 11.3. The number of carbonyl (C=O) groups is 2. The van der Waals surface area contributed by atoms with Crippen LogP contribution >= 0.6 is 12.3 Å². The maximum Gasteiger partial charge on any atom is 1.00 e. The molecule has 0 aliphatic rings. The molecule has 1 aromatic carbocycles. The zero-order valence-electron chi connectivity index (χ0n) is 15.5. The first-order valence-electron chi connectivity index (χ1n) is 6.13. The topological polar surface area (TPSA) is 242 Å². The molecule has 1 atom stereocenters. The van der Waals surface area contributed by atoms with Crippen molar-refractivity contribution in [2.75, 3.05) is 6.61 Å². The number of ether oxygens (including phenoxy) is 1. The number of hydrogen-bond donors (Lipinski definition) is 5. The van der Waals surface area contributed by atoms with E-state index in [-0.39, 0.29) is 83.6 Å². The van der Waals surface area contributed by atoms with Crippen LogP contribution in [0.1, 0.15) is 23.7 Å². The van der Waals surface area contributed by atoms with Crippen LogP contribution in [0.5, 0.6) is 17.2 Å². The molecule has 158 valence electrons. The van der Waals surface area contributed by atoms with Crippen molar-refractivity contribution in [1.29, 1.82) is 0 Å². The summed E-state index contributed by atoms with van der Waals surface area (Å²) < 4.78 is 64.6. The summed E-state index contributed by atoms with van der Waals surface area (Å²) in [7, 11) is -8.59. The number of rotatable bonds is 4. The van der Waals surface area contributed by atoms with Gasteiger partial charge in [0.15, 0.2) is 38.7 Å². The molecule has 0 radical (unpaired) electrons. The molecule has 5 N–H and O–H groups in total. The van der Waals surface area contributed by atoms with Gasteiger partial charge < -0.3 is 43.1 Å². The van der Waals surface area contributed by atoms with Crippen molar-refractivity contribution in [2.45, 2.75) is 13.3 Å². The van der Waals surface area contributed by atoms with Crippen molar-refractivity contribution in [3.8, 4) is 17.2 Å². The summed E-state index contributed by atoms with van der Waals surface area (Å²) in [5, 5.41) is 27.3. The molecule has 0 saturated heterocycles. The number of carbonyl (C=O) groups excluding carboxylic acids is 2. The Bertz CT molecular complexity index is 676. The second-order valence-corrected chi connectivity index (χ2v) is 7.12. The number of phenolic OH excluding ortho intramolecular Hbond substituents is 3. The van der Waals surface area contributed by atoms with Crippen LogP contribution in [0, 0.1) is 0 Å². The summed E-state index contributed by atoms with van der Waals surface area (Å²) in [5.41, 5.74) is -0.00347. The van der Waals surface area contributed by atoms with Crippen LogP contribution < -0.4 is 59.1 Å². The van der Waals surface area contributed by atoms with Crippen LogP contribution in [0.3, 0.4) is 0 Å². The molecule has 0 aliphatic carbocycles. The van der Waals surface area contributed by atoms with E-state index in [2.05, 4.69) is 0 Å². The van der Waals surface area contributed by atoms with E-state index in [9.17, 15) is 4.79 Å². The normalized spacial score (nSPS) is 9.83. The van der Waals surface area contributed by atoms with Crippen molar-refractivity contribution < 1.29 is 120 Å². The van der Waals surface area contributed by atoms with Crippen molar-refractivity contribution in [3.63, 3.8) is 0 Å². The van der Waals surface area contributed by atoms with Gasteiger partial charge in [-0.1, -0.05) is 6.92 Å². The van der Waals surface area contributed by atoms with Gasteiger partial charge in [0.2, 0.25) is 0 Å². The van der Waals surface area contributed by atoms with E-state index in [0.29, 0.717) is 6.42 Å². The van der Waals surface area contributed by atoms with Gasteiger partial charge in [-0.2, -0.15) is 0 Å². The number of phenols is 3. The molecule has 13 nitrogen and oxygen atoms in total. The summed E-state index contributed by atoms with van der Waals surface area (Å²) in [6.07, 6.45) is 0.682. The van der Waals surface area contributed by atoms with Crippen molar-refractivity contribution in [1.82, 2.24) is 0 Å². The van der Waals surface area contributed by atoms with E-state index in [0.717, 1.165) is 12.1 Å². The number of esters is 1. The summed E-state index contributed by atoms with van der Waals surface area (Å²) >= 11 is -0.250. The molecule has 0 bridgehead atoms. The molecule has 0 fully saturated rings. The quantitative estimate of drug-likeness (QED) is 0.0494. The molecule has 0 spiro atoms. The summed E-state index contributed by atoms with van der Waals surface area (Å²) in [4.78, 5) is 19.3. The zero-order valence-corrected chi connectivity index (χ0v) is 22.0. The molecule has 0 aliphatic heterocycles. The van der Waals surface area contributed by atoms with E-state index in [1.54, 1.807) is 0 Å². The third-order valence-electron chi connectivity index (χ3n) is 1.91. The van der Waals surface area contributed by atoms with E-state index >= 15 is 0 Å². The molecule has 29 heavy (non-hydrogen) atoms. The Morgan fingerprint density at radius 1 is 1.17 bits per heavy atom. The average Bonchev–Trinajstić information content (AvgIpc) is 2.59. The fourth-order valence-corrected chi connectivity index (χ4v) is 1.00. The Morgan fingerprint density at radius 3 is 1.72 bits per heavy atom. The third-order valence-corrected chi connectivity index (χ3v) is 3.24. The first-order valence-corrected chi connectivity index (χ1v) is 9.86. The first kappa shape index (κ1) is 39.5. The Hall–Kier alpha value is 0.0500. The fourth-order valence-electron chi connectivity index (χ4n) is 1.00. The van der Waals surface area contributed by atoms with Gasteiger partial charge in [-0.25, -0.2) is 13.2 Å². The predicted molar refractivity (Wildman–Crippen MR) is 90.6 cm³/mol. The Labute approximate surface area is 216 Å². The van der Waals surface area contributed by atoms with Gasteiger partial charge in [0, 0.05) is 0 Å². The van der Waals surface area contributed by atoms with Gasteiger partial charge in [-0.05, 0) is 18.6 Å². The molecule has 0 saturated carbocycles. The molecule has 0 amide bonds. The minimum atomic E-state index is -5.07. The van der Waals surface area contributed by atoms with E-state index < -0.39 is 42.5 Å². The van der Waals surface area contributed by atoms with Gasteiger partial charge in [-0.15, -0.1) is 0 Å². The van der Waals surface area contributed by atoms with Gasteiger partial charge >= 0.3 is 65.1 Å². The standard InChI is InChI=1S/C10H12O5.CH2O.2Na.H2O5S2.H2O2S/c1-2-3-15-10(14)6-4-7(11)9(13)8(12)5-6;1-2;;;1-6(2)7(3,4)5;1-3-2/h4-5,11-13H,2-3H2,1H3;1H2;;;(H,1,2)(H,3,4,5);1-2H/q;;2*+1;;/p-2. The molecular formula is C11H16Na2O13S3. The molecule has 18 heteroatoms. The van der Waals surface area contributed by atoms with Gasteiger partial charge in [0.05, 0.1) is 22.3 Å². The number of benzene rings is 1. The number of hydrogen-bond acceptors (Lipinski definition) is 14. The maximum absolute atomic E-state index is 11.3. The second-order valence-electron chi connectivity index (χ2n) is 3.69. The minimum absolute atomic E-state index is 0. The van der Waals surface area contributed by atoms with Crippen LogP contribution in [-0.2, 0) is 28.8 Å². The van der Waals surface area contributed by atoms with Crippen molar-refractivity contribution in [2.24, 2.45) is 0 Å². The molecule has 1 unspecified atom stereocenters. The zero-order chi connectivity index (χ0) is 22.2. The third kappa shape index (κ3) is 21.1. The Kier molecular flexibility index (Phi) is 31.0. The Morgan fingerprint density at radius 2 is 1.48 bits per heavy atom. The molecule has 0 aromatic heterocycles. The van der Waals surface area contributed by atoms with Crippen LogP contribution in [-0.4, -0.2) is 65.5 Å². The van der Waals surface area contributed by atoms with Crippen molar-refractivity contribution in [3.05, 3.63) is 17.7 Å². The van der Waals surface area contributed by atoms with E-state index in [1.165, 1.54) is 0 Å². The van der Waals surface area contributed by atoms with Gasteiger partial charge in [-0.3, -0.25) is 4.21 Å². The average molecular weight is 498 g/mol. The number of aromatic hydroxyl groups is 3. The fraction of sp³-hybridized carbons (Fsp3) is 0.273. The molecule has 0 heterocycles. The van der Waals surface area contributed by atoms with Crippen LogP contribution in [0.4, 0.5) is 0 Å². The predicted octanol–water partition coefficient (Wildman–Crippen LogP) is -5.82. The summed E-state index contributed by atoms with van der Waals surface area (Å²) in [6, 6.07) is 2.07. The largest absolute Gasteiger partial charge is 1.00 e. The molecular weight excluding hydrogens is 482 g/mol. The summed E-state index contributed by atoms with van der Waals surface area (Å²) in [5.74, 6) is -2.42. The first-order chi connectivity index (χ1) is 12.4. The van der Waals surface area contributed by atoms with E-state index in [1.807, 2.05) is 13.7 Å². The summed E-state index contributed by atoms with van der Waals surface area (Å²) in [6.45, 7) is 4.11. The van der Waals surface area contributed by atoms with Crippen molar-refractivity contribution >= 4 is 44.3 Å². The van der Waals surface area contributed by atoms with Crippen LogP contribution in [0.2, 0.25) is 0 Å². The monoisotopic (exact) mass is 498 g/mol.